The van der Waals surface area contributed by atoms with Gasteiger partial charge in [-0.3, -0.25) is 9.69 Å². The lowest BCUT2D eigenvalue weighted by atomic mass is 10.1. The van der Waals surface area contributed by atoms with Crippen LogP contribution in [-0.2, 0) is 16.0 Å². The zero-order chi connectivity index (χ0) is 24.1. The molecule has 0 atom stereocenters. The number of esters is 1. The summed E-state index contributed by atoms with van der Waals surface area (Å²) in [7, 11) is 0. The molecule has 2 heterocycles. The van der Waals surface area contributed by atoms with Gasteiger partial charge in [-0.25, -0.2) is 14.2 Å². The Bertz CT molecular complexity index is 1140. The second-order valence-electron chi connectivity index (χ2n) is 7.80. The van der Waals surface area contributed by atoms with Crippen LogP contribution in [0, 0.1) is 12.7 Å². The molecule has 4 rings (SSSR count). The van der Waals surface area contributed by atoms with E-state index < -0.39 is 5.97 Å². The number of hydrogen-bond donors (Lipinski definition) is 0. The molecule has 0 radical (unpaired) electrons. The van der Waals surface area contributed by atoms with Gasteiger partial charge in [0.05, 0.1) is 32.1 Å². The number of anilines is 2. The minimum absolute atomic E-state index is 0.180. The van der Waals surface area contributed by atoms with Crippen molar-refractivity contribution in [1.29, 1.82) is 0 Å². The van der Waals surface area contributed by atoms with E-state index >= 15 is 0 Å². The highest BCUT2D eigenvalue weighted by molar-refractivity contribution is 7.17. The van der Waals surface area contributed by atoms with E-state index in [0.29, 0.717) is 34.5 Å². The summed E-state index contributed by atoms with van der Waals surface area (Å²) < 4.78 is 24.0. The largest absolute Gasteiger partial charge is 0.462 e. The van der Waals surface area contributed by atoms with Crippen molar-refractivity contribution in [2.45, 2.75) is 20.4 Å². The number of amides is 1. The Labute approximate surface area is 201 Å². The molecule has 0 saturated carbocycles. The van der Waals surface area contributed by atoms with Crippen molar-refractivity contribution < 1.29 is 23.5 Å². The molecule has 7 nitrogen and oxygen atoms in total. The highest BCUT2D eigenvalue weighted by Crippen LogP contribution is 2.30. The van der Waals surface area contributed by atoms with Crippen LogP contribution in [0.5, 0.6) is 0 Å². The number of aromatic nitrogens is 1. The molecular weight excluding hydrogens is 457 g/mol. The maximum atomic E-state index is 13.6. The molecule has 34 heavy (non-hydrogen) atoms. The number of aryl methyl sites for hydroxylation is 1. The zero-order valence-corrected chi connectivity index (χ0v) is 19.9. The number of benzene rings is 2. The van der Waals surface area contributed by atoms with Gasteiger partial charge in [-0.15, -0.1) is 0 Å². The van der Waals surface area contributed by atoms with Crippen LogP contribution in [0.4, 0.5) is 15.2 Å². The molecule has 3 aromatic rings. The minimum Gasteiger partial charge on any atom is -0.462 e. The van der Waals surface area contributed by atoms with Crippen LogP contribution >= 0.6 is 11.3 Å². The molecule has 1 amide bonds. The molecule has 0 spiro atoms. The van der Waals surface area contributed by atoms with Crippen LogP contribution in [0.15, 0.2) is 48.5 Å². The highest BCUT2D eigenvalue weighted by Gasteiger charge is 2.25. The minimum atomic E-state index is -0.465. The molecule has 0 N–H and O–H groups in total. The molecule has 9 heteroatoms. The Hall–Kier alpha value is -3.30. The van der Waals surface area contributed by atoms with Crippen molar-refractivity contribution in [2.75, 3.05) is 42.7 Å². The summed E-state index contributed by atoms with van der Waals surface area (Å²) in [4.78, 5) is 34.5. The average Bonchev–Trinajstić information content (AvgIpc) is 3.25. The van der Waals surface area contributed by atoms with E-state index in [4.69, 9.17) is 9.47 Å². The molecule has 1 aliphatic heterocycles. The van der Waals surface area contributed by atoms with Crippen LogP contribution in [0.2, 0.25) is 0 Å². The van der Waals surface area contributed by atoms with Crippen molar-refractivity contribution in [2.24, 2.45) is 0 Å². The van der Waals surface area contributed by atoms with Gasteiger partial charge in [0.15, 0.2) is 5.13 Å². The third kappa shape index (κ3) is 5.43. The number of rotatable bonds is 7. The molecular formula is C25H26FN3O4S. The summed E-state index contributed by atoms with van der Waals surface area (Å²) in [6.07, 6.45) is 0. The van der Waals surface area contributed by atoms with Crippen LogP contribution < -0.4 is 9.80 Å². The van der Waals surface area contributed by atoms with Gasteiger partial charge in [-0.2, -0.15) is 0 Å². The molecule has 0 bridgehead atoms. The number of ether oxygens (including phenoxy) is 2. The van der Waals surface area contributed by atoms with Crippen molar-refractivity contribution in [3.8, 4) is 0 Å². The molecule has 1 aliphatic rings. The molecule has 2 aromatic carbocycles. The summed E-state index contributed by atoms with van der Waals surface area (Å²) in [5.74, 6) is -1.08. The number of nitrogens with zero attached hydrogens (tertiary/aromatic N) is 3. The average molecular weight is 484 g/mol. The van der Waals surface area contributed by atoms with Gasteiger partial charge in [0.1, 0.15) is 10.7 Å². The number of thiazole rings is 1. The van der Waals surface area contributed by atoms with Gasteiger partial charge >= 0.3 is 5.97 Å². The normalized spacial score (nSPS) is 13.6. The van der Waals surface area contributed by atoms with Gasteiger partial charge in [0, 0.05) is 24.3 Å². The van der Waals surface area contributed by atoms with Crippen LogP contribution in [0.1, 0.15) is 38.2 Å². The Morgan fingerprint density at radius 1 is 1.12 bits per heavy atom. The van der Waals surface area contributed by atoms with Crippen molar-refractivity contribution >= 4 is 34.0 Å². The van der Waals surface area contributed by atoms with E-state index in [1.54, 1.807) is 38.1 Å². The fourth-order valence-electron chi connectivity index (χ4n) is 3.67. The van der Waals surface area contributed by atoms with Gasteiger partial charge in [0.25, 0.3) is 5.91 Å². The second-order valence-corrected chi connectivity index (χ2v) is 8.77. The third-order valence-electron chi connectivity index (χ3n) is 5.47. The van der Waals surface area contributed by atoms with Crippen LogP contribution in [0.25, 0.3) is 0 Å². The fourth-order valence-corrected chi connectivity index (χ4v) is 4.63. The first-order valence-corrected chi connectivity index (χ1v) is 11.9. The first-order chi connectivity index (χ1) is 16.5. The summed E-state index contributed by atoms with van der Waals surface area (Å²) in [6, 6.07) is 13.4. The number of carbonyl (C=O) groups excluding carboxylic acids is 2. The maximum absolute atomic E-state index is 13.6. The van der Waals surface area contributed by atoms with Gasteiger partial charge in [-0.1, -0.05) is 23.5 Å². The lowest BCUT2D eigenvalue weighted by Crippen LogP contribution is -2.36. The fraction of sp³-hybridized carbons (Fsp3) is 0.320. The summed E-state index contributed by atoms with van der Waals surface area (Å²) in [5, 5.41) is 0.382. The lowest BCUT2D eigenvalue weighted by molar-refractivity contribution is 0.0531. The van der Waals surface area contributed by atoms with Crippen molar-refractivity contribution in [3.63, 3.8) is 0 Å². The van der Waals surface area contributed by atoms with E-state index in [9.17, 15) is 14.0 Å². The molecule has 1 fully saturated rings. The maximum Gasteiger partial charge on any atom is 0.350 e. The van der Waals surface area contributed by atoms with Gasteiger partial charge in [-0.05, 0) is 55.8 Å². The van der Waals surface area contributed by atoms with Crippen LogP contribution in [0.3, 0.4) is 0 Å². The van der Waals surface area contributed by atoms with E-state index in [2.05, 4.69) is 9.88 Å². The number of halogens is 1. The second kappa shape index (κ2) is 10.8. The molecule has 1 aromatic heterocycles. The van der Waals surface area contributed by atoms with E-state index in [1.807, 2.05) is 12.1 Å². The van der Waals surface area contributed by atoms with Gasteiger partial charge < -0.3 is 14.4 Å². The number of carbonyl (C=O) groups is 2. The Balaban J connectivity index is 1.63. The van der Waals surface area contributed by atoms with E-state index in [0.717, 1.165) is 35.7 Å². The summed E-state index contributed by atoms with van der Waals surface area (Å²) in [5.41, 5.74) is 2.76. The standard InChI is InChI=1S/C25H26FN3O4S/c1-3-33-24(31)22-17(2)27-25(34-22)29(16-18-4-8-20(26)9-5-18)23(30)19-6-10-21(11-7-19)28-12-14-32-15-13-28/h4-11H,3,12-16H2,1-2H3. The Morgan fingerprint density at radius 3 is 2.44 bits per heavy atom. The van der Waals surface area contributed by atoms with Crippen LogP contribution in [-0.4, -0.2) is 49.8 Å². The molecule has 0 aliphatic carbocycles. The van der Waals surface area contributed by atoms with E-state index in [-0.39, 0.29) is 24.9 Å². The Morgan fingerprint density at radius 2 is 1.79 bits per heavy atom. The lowest BCUT2D eigenvalue weighted by Gasteiger charge is -2.29. The van der Waals surface area contributed by atoms with Crippen molar-refractivity contribution in [3.05, 3.63) is 76.0 Å². The predicted octanol–water partition coefficient (Wildman–Crippen LogP) is 4.45. The molecule has 178 valence electrons. The predicted molar refractivity (Wildman–Crippen MR) is 129 cm³/mol. The highest BCUT2D eigenvalue weighted by atomic mass is 32.1. The monoisotopic (exact) mass is 483 g/mol. The quantitative estimate of drug-likeness (QED) is 0.463. The number of morpholine rings is 1. The topological polar surface area (TPSA) is 72.0 Å². The van der Waals surface area contributed by atoms with E-state index in [1.165, 1.54) is 17.0 Å². The molecule has 1 saturated heterocycles. The Kier molecular flexibility index (Phi) is 7.54. The zero-order valence-electron chi connectivity index (χ0n) is 19.1. The first-order valence-electron chi connectivity index (χ1n) is 11.1. The van der Waals surface area contributed by atoms with Crippen molar-refractivity contribution in [1.82, 2.24) is 4.98 Å². The third-order valence-corrected chi connectivity index (χ3v) is 6.63. The SMILES string of the molecule is CCOC(=O)c1sc(N(Cc2ccc(F)cc2)C(=O)c2ccc(N3CCOCC3)cc2)nc1C. The smallest absolute Gasteiger partial charge is 0.350 e. The summed E-state index contributed by atoms with van der Waals surface area (Å²) in [6.45, 7) is 6.84. The summed E-state index contributed by atoms with van der Waals surface area (Å²) >= 11 is 1.11. The number of hydrogen-bond acceptors (Lipinski definition) is 7. The first kappa shape index (κ1) is 23.8. The van der Waals surface area contributed by atoms with Gasteiger partial charge in [0.2, 0.25) is 0 Å². The molecule has 0 unspecified atom stereocenters.